The maximum Gasteiger partial charge on any atom is 0.191 e. The number of hydrogen-bond acceptors (Lipinski definition) is 4. The van der Waals surface area contributed by atoms with Crippen molar-refractivity contribution in [1.29, 1.82) is 0 Å². The van der Waals surface area contributed by atoms with Crippen molar-refractivity contribution in [3.63, 3.8) is 0 Å². The number of hydrogen-bond donors (Lipinski definition) is 2. The minimum atomic E-state index is -0.335. The fraction of sp³-hybridized carbons (Fsp3) is 0.400. The van der Waals surface area contributed by atoms with Crippen molar-refractivity contribution < 1.29 is 13.9 Å². The van der Waals surface area contributed by atoms with Crippen LogP contribution in [0.4, 0.5) is 4.39 Å². The molecule has 8 heteroatoms. The second-order valence-electron chi connectivity index (χ2n) is 5.68. The van der Waals surface area contributed by atoms with E-state index in [9.17, 15) is 4.39 Å². The third kappa shape index (κ3) is 7.49. The molecule has 0 saturated heterocycles. The van der Waals surface area contributed by atoms with Crippen LogP contribution >= 0.6 is 24.0 Å². The summed E-state index contributed by atoms with van der Waals surface area (Å²) in [4.78, 5) is 8.17. The van der Waals surface area contributed by atoms with E-state index in [-0.39, 0.29) is 36.3 Å². The first kappa shape index (κ1) is 23.9. The van der Waals surface area contributed by atoms with E-state index in [0.717, 1.165) is 23.5 Å². The lowest BCUT2D eigenvalue weighted by molar-refractivity contribution is 0.287. The van der Waals surface area contributed by atoms with E-state index in [1.165, 1.54) is 6.07 Å². The number of nitrogens with zero attached hydrogens (tertiary/aromatic N) is 2. The van der Waals surface area contributed by atoms with Gasteiger partial charge >= 0.3 is 0 Å². The fourth-order valence-electron chi connectivity index (χ4n) is 2.51. The third-order valence-corrected chi connectivity index (χ3v) is 3.80. The molecule has 0 unspecified atom stereocenters. The van der Waals surface area contributed by atoms with Crippen LogP contribution in [0.25, 0.3) is 0 Å². The summed E-state index contributed by atoms with van der Waals surface area (Å²) in [5.41, 5.74) is 1.48. The summed E-state index contributed by atoms with van der Waals surface area (Å²) in [6.07, 6.45) is 2.35. The summed E-state index contributed by atoms with van der Waals surface area (Å²) in [6.45, 7) is 6.02. The number of benzene rings is 1. The minimum Gasteiger partial charge on any atom is -0.490 e. The van der Waals surface area contributed by atoms with Gasteiger partial charge in [-0.25, -0.2) is 4.39 Å². The third-order valence-electron chi connectivity index (χ3n) is 3.80. The Morgan fingerprint density at radius 1 is 1.11 bits per heavy atom. The summed E-state index contributed by atoms with van der Waals surface area (Å²) in [6, 6.07) is 8.91. The number of guanidine groups is 1. The zero-order valence-electron chi connectivity index (χ0n) is 16.5. The van der Waals surface area contributed by atoms with E-state index in [2.05, 4.69) is 20.6 Å². The first-order valence-corrected chi connectivity index (χ1v) is 9.10. The quantitative estimate of drug-likeness (QED) is 0.312. The summed E-state index contributed by atoms with van der Waals surface area (Å²) >= 11 is 0. The topological polar surface area (TPSA) is 67.8 Å². The lowest BCUT2D eigenvalue weighted by Crippen LogP contribution is -2.38. The second-order valence-corrected chi connectivity index (χ2v) is 5.68. The van der Waals surface area contributed by atoms with Gasteiger partial charge in [-0.15, -0.1) is 24.0 Å². The van der Waals surface area contributed by atoms with E-state index in [1.807, 2.05) is 32.0 Å². The number of pyridine rings is 1. The molecule has 0 aliphatic heterocycles. The zero-order valence-corrected chi connectivity index (χ0v) is 18.8. The Balaban J connectivity index is 0.00000392. The van der Waals surface area contributed by atoms with Gasteiger partial charge in [-0.05, 0) is 50.1 Å². The number of halogens is 2. The number of aromatic nitrogens is 1. The normalized spacial score (nSPS) is 10.8. The van der Waals surface area contributed by atoms with Crippen LogP contribution in [-0.4, -0.2) is 37.7 Å². The molecule has 2 N–H and O–H groups in total. The van der Waals surface area contributed by atoms with E-state index in [0.29, 0.717) is 31.4 Å². The molecule has 0 atom stereocenters. The van der Waals surface area contributed by atoms with Crippen molar-refractivity contribution in [2.45, 2.75) is 26.8 Å². The van der Waals surface area contributed by atoms with Gasteiger partial charge in [0.15, 0.2) is 17.5 Å². The van der Waals surface area contributed by atoms with E-state index >= 15 is 0 Å². The van der Waals surface area contributed by atoms with Crippen LogP contribution in [0.15, 0.2) is 41.5 Å². The van der Waals surface area contributed by atoms with E-state index in [4.69, 9.17) is 9.47 Å². The average Bonchev–Trinajstić information content (AvgIpc) is 2.68. The van der Waals surface area contributed by atoms with Gasteiger partial charge in [-0.1, -0.05) is 6.07 Å². The minimum absolute atomic E-state index is 0. The molecule has 6 nitrogen and oxygen atoms in total. The molecule has 1 heterocycles. The molecule has 2 aromatic rings. The summed E-state index contributed by atoms with van der Waals surface area (Å²) < 4.78 is 24.9. The van der Waals surface area contributed by atoms with Crippen molar-refractivity contribution in [2.24, 2.45) is 4.99 Å². The van der Waals surface area contributed by atoms with Crippen molar-refractivity contribution in [3.05, 3.63) is 53.6 Å². The van der Waals surface area contributed by atoms with Gasteiger partial charge in [-0.2, -0.15) is 0 Å². The van der Waals surface area contributed by atoms with Gasteiger partial charge in [0.1, 0.15) is 5.82 Å². The molecule has 2 rings (SSSR count). The maximum atomic E-state index is 13.6. The Morgan fingerprint density at radius 3 is 2.54 bits per heavy atom. The monoisotopic (exact) mass is 502 g/mol. The lowest BCUT2D eigenvalue weighted by Gasteiger charge is -2.14. The number of rotatable bonds is 9. The molecular formula is C20H28FIN4O2. The van der Waals surface area contributed by atoms with E-state index in [1.54, 1.807) is 19.3 Å². The van der Waals surface area contributed by atoms with Gasteiger partial charge in [0.05, 0.1) is 25.5 Å². The Hall–Kier alpha value is -2.10. The first-order chi connectivity index (χ1) is 13.2. The van der Waals surface area contributed by atoms with Crippen molar-refractivity contribution >= 4 is 29.9 Å². The highest BCUT2D eigenvalue weighted by atomic mass is 127. The Labute approximate surface area is 183 Å². The highest BCUT2D eigenvalue weighted by Gasteiger charge is 2.07. The first-order valence-electron chi connectivity index (χ1n) is 9.10. The van der Waals surface area contributed by atoms with Crippen LogP contribution in [0.3, 0.4) is 0 Å². The highest BCUT2D eigenvalue weighted by Crippen LogP contribution is 2.28. The fourth-order valence-corrected chi connectivity index (χ4v) is 2.51. The average molecular weight is 502 g/mol. The molecule has 28 heavy (non-hydrogen) atoms. The van der Waals surface area contributed by atoms with Crippen molar-refractivity contribution in [2.75, 3.05) is 26.8 Å². The predicted octanol–water partition coefficient (Wildman–Crippen LogP) is 3.54. The van der Waals surface area contributed by atoms with Crippen molar-refractivity contribution in [3.8, 4) is 11.5 Å². The van der Waals surface area contributed by atoms with Crippen LogP contribution in [0.5, 0.6) is 11.5 Å². The van der Waals surface area contributed by atoms with Crippen LogP contribution in [0.1, 0.15) is 25.1 Å². The van der Waals surface area contributed by atoms with Crippen LogP contribution in [-0.2, 0) is 13.0 Å². The standard InChI is InChI=1S/C20H27FN4O2.HI/c1-4-26-18-9-8-15(13-19(18)27-5-2)10-12-24-20(22-3)25-14-17-16(21)7-6-11-23-17;/h6-9,11,13H,4-5,10,12,14H2,1-3H3,(H2,22,24,25);1H. The second kappa shape index (κ2) is 13.1. The van der Waals surface area contributed by atoms with E-state index < -0.39 is 0 Å². The molecule has 0 saturated carbocycles. The largest absolute Gasteiger partial charge is 0.490 e. The Morgan fingerprint density at radius 2 is 1.86 bits per heavy atom. The number of aliphatic imine (C=N–C) groups is 1. The summed E-state index contributed by atoms with van der Waals surface area (Å²) in [5, 5.41) is 6.28. The SMILES string of the molecule is CCOc1ccc(CCNC(=NC)NCc2ncccc2F)cc1OCC.I. The number of nitrogens with one attached hydrogen (secondary N) is 2. The summed E-state index contributed by atoms with van der Waals surface area (Å²) in [7, 11) is 1.67. The van der Waals surface area contributed by atoms with Crippen LogP contribution in [0, 0.1) is 5.82 Å². The molecule has 0 fully saturated rings. The van der Waals surface area contributed by atoms with Gasteiger partial charge in [0, 0.05) is 19.8 Å². The van der Waals surface area contributed by atoms with Gasteiger partial charge in [0.2, 0.25) is 0 Å². The Bertz CT molecular complexity index is 759. The molecule has 0 spiro atoms. The molecule has 1 aromatic heterocycles. The molecule has 0 bridgehead atoms. The molecule has 0 aliphatic carbocycles. The molecule has 0 aliphatic rings. The molecule has 0 radical (unpaired) electrons. The van der Waals surface area contributed by atoms with Crippen molar-refractivity contribution in [1.82, 2.24) is 15.6 Å². The summed E-state index contributed by atoms with van der Waals surface area (Å²) in [5.74, 6) is 1.77. The van der Waals surface area contributed by atoms with Gasteiger partial charge in [0.25, 0.3) is 0 Å². The number of ether oxygens (including phenoxy) is 2. The smallest absolute Gasteiger partial charge is 0.191 e. The predicted molar refractivity (Wildman–Crippen MR) is 120 cm³/mol. The van der Waals surface area contributed by atoms with Gasteiger partial charge in [-0.3, -0.25) is 9.98 Å². The van der Waals surface area contributed by atoms with Crippen LogP contribution < -0.4 is 20.1 Å². The molecule has 1 aromatic carbocycles. The maximum absolute atomic E-state index is 13.6. The Kier molecular flexibility index (Phi) is 11.2. The molecular weight excluding hydrogens is 474 g/mol. The molecule has 0 amide bonds. The van der Waals surface area contributed by atoms with Crippen LogP contribution in [0.2, 0.25) is 0 Å². The molecule has 154 valence electrons. The lowest BCUT2D eigenvalue weighted by atomic mass is 10.1. The highest BCUT2D eigenvalue weighted by molar-refractivity contribution is 14.0. The zero-order chi connectivity index (χ0) is 19.5. The van der Waals surface area contributed by atoms with Gasteiger partial charge < -0.3 is 20.1 Å².